The number of benzene rings is 2. The van der Waals surface area contributed by atoms with Gasteiger partial charge in [-0.2, -0.15) is 0 Å². The van der Waals surface area contributed by atoms with Gasteiger partial charge in [-0.1, -0.05) is 12.1 Å². The Hall–Kier alpha value is -3.79. The van der Waals surface area contributed by atoms with Crippen molar-refractivity contribution in [1.82, 2.24) is 5.32 Å². The first-order valence-corrected chi connectivity index (χ1v) is 11.1. The van der Waals surface area contributed by atoms with E-state index in [1.807, 2.05) is 24.8 Å². The molecule has 4 amide bonds. The molecular formula is C24H24N4O6. The maximum absolute atomic E-state index is 14.2. The average Bonchev–Trinajstić information content (AvgIpc) is 2.77. The van der Waals surface area contributed by atoms with E-state index in [0.29, 0.717) is 17.8 Å². The zero-order valence-electron chi connectivity index (χ0n) is 19.0. The van der Waals surface area contributed by atoms with Crippen molar-refractivity contribution in [3.05, 3.63) is 63.7 Å². The van der Waals surface area contributed by atoms with Crippen LogP contribution in [0.25, 0.3) is 0 Å². The fourth-order valence-electron chi connectivity index (χ4n) is 5.63. The van der Waals surface area contributed by atoms with Crippen LogP contribution in [0.4, 0.5) is 21.9 Å². The van der Waals surface area contributed by atoms with Crippen molar-refractivity contribution in [1.29, 1.82) is 0 Å². The molecule has 10 heteroatoms. The number of morpholine rings is 1. The molecule has 34 heavy (non-hydrogen) atoms. The van der Waals surface area contributed by atoms with Crippen molar-refractivity contribution in [2.24, 2.45) is 5.41 Å². The number of barbiturate groups is 1. The van der Waals surface area contributed by atoms with E-state index < -0.39 is 40.3 Å². The number of anilines is 2. The lowest BCUT2D eigenvalue weighted by Crippen LogP contribution is -2.76. The summed E-state index contributed by atoms with van der Waals surface area (Å²) in [5.41, 5.74) is 0.593. The zero-order valence-corrected chi connectivity index (χ0v) is 19.0. The number of nitro benzene ring substituents is 1. The van der Waals surface area contributed by atoms with Gasteiger partial charge in [0.2, 0.25) is 5.91 Å². The third-order valence-electron chi connectivity index (χ3n) is 6.91. The molecule has 10 nitrogen and oxygen atoms in total. The summed E-state index contributed by atoms with van der Waals surface area (Å²) in [6.45, 7) is 5.93. The topological polar surface area (TPSA) is 122 Å². The Bertz CT molecular complexity index is 1250. The van der Waals surface area contributed by atoms with Gasteiger partial charge >= 0.3 is 6.03 Å². The van der Waals surface area contributed by atoms with Crippen LogP contribution in [0.2, 0.25) is 0 Å². The number of nitrogens with one attached hydrogen (secondary N) is 1. The monoisotopic (exact) mass is 464 g/mol. The lowest BCUT2D eigenvalue weighted by Gasteiger charge is -2.56. The van der Waals surface area contributed by atoms with E-state index in [-0.39, 0.29) is 18.2 Å². The predicted molar refractivity (Wildman–Crippen MR) is 123 cm³/mol. The SMILES string of the molecule is Cc1cccc(N2C(=O)NC(=O)C3(Cc4cc([N+](=O)[O-])ccc4N4CC(C)OC(C)C43)C2=O)c1. The zero-order chi connectivity index (χ0) is 24.4. The third kappa shape index (κ3) is 3.09. The van der Waals surface area contributed by atoms with Crippen LogP contribution in [0.5, 0.6) is 0 Å². The van der Waals surface area contributed by atoms with E-state index in [2.05, 4.69) is 5.32 Å². The van der Waals surface area contributed by atoms with E-state index in [4.69, 9.17) is 4.74 Å². The highest BCUT2D eigenvalue weighted by Crippen LogP contribution is 2.48. The molecule has 176 valence electrons. The fourth-order valence-corrected chi connectivity index (χ4v) is 5.63. The molecule has 0 saturated carbocycles. The van der Waals surface area contributed by atoms with Crippen LogP contribution in [0.15, 0.2) is 42.5 Å². The van der Waals surface area contributed by atoms with Crippen molar-refractivity contribution in [3.8, 4) is 0 Å². The van der Waals surface area contributed by atoms with Crippen LogP contribution in [0.3, 0.4) is 0 Å². The summed E-state index contributed by atoms with van der Waals surface area (Å²) in [5, 5.41) is 13.8. The summed E-state index contributed by atoms with van der Waals surface area (Å²) in [7, 11) is 0. The molecule has 0 bridgehead atoms. The minimum absolute atomic E-state index is 0.0898. The van der Waals surface area contributed by atoms with Gasteiger partial charge < -0.3 is 9.64 Å². The van der Waals surface area contributed by atoms with E-state index in [0.717, 1.165) is 16.2 Å². The van der Waals surface area contributed by atoms with Gasteiger partial charge in [-0.15, -0.1) is 0 Å². The number of hydrogen-bond acceptors (Lipinski definition) is 7. The summed E-state index contributed by atoms with van der Waals surface area (Å²) >= 11 is 0. The number of non-ortho nitro benzene ring substituents is 1. The van der Waals surface area contributed by atoms with E-state index >= 15 is 0 Å². The van der Waals surface area contributed by atoms with Gasteiger partial charge in [-0.25, -0.2) is 9.69 Å². The summed E-state index contributed by atoms with van der Waals surface area (Å²) in [6.07, 6.45) is -0.803. The lowest BCUT2D eigenvalue weighted by atomic mass is 9.66. The molecule has 3 heterocycles. The molecule has 2 saturated heterocycles. The van der Waals surface area contributed by atoms with Gasteiger partial charge in [-0.3, -0.25) is 25.0 Å². The molecule has 1 spiro atoms. The van der Waals surface area contributed by atoms with Crippen LogP contribution in [0, 0.1) is 22.5 Å². The van der Waals surface area contributed by atoms with Crippen LogP contribution in [0.1, 0.15) is 25.0 Å². The van der Waals surface area contributed by atoms with Crippen molar-refractivity contribution in [2.45, 2.75) is 45.4 Å². The number of hydrogen-bond donors (Lipinski definition) is 1. The molecule has 0 radical (unpaired) electrons. The summed E-state index contributed by atoms with van der Waals surface area (Å²) in [4.78, 5) is 54.5. The van der Waals surface area contributed by atoms with Gasteiger partial charge in [0.1, 0.15) is 0 Å². The Labute approximate surface area is 195 Å². The van der Waals surface area contributed by atoms with Gasteiger partial charge in [0.25, 0.3) is 11.6 Å². The molecule has 0 aliphatic carbocycles. The van der Waals surface area contributed by atoms with E-state index in [9.17, 15) is 24.5 Å². The first-order chi connectivity index (χ1) is 16.1. The Morgan fingerprint density at radius 3 is 2.62 bits per heavy atom. The maximum Gasteiger partial charge on any atom is 0.335 e. The number of ether oxygens (including phenoxy) is 1. The van der Waals surface area contributed by atoms with Gasteiger partial charge in [-0.05, 0) is 50.1 Å². The Morgan fingerprint density at radius 1 is 1.15 bits per heavy atom. The molecule has 5 rings (SSSR count). The van der Waals surface area contributed by atoms with Crippen LogP contribution in [-0.4, -0.2) is 47.6 Å². The van der Waals surface area contributed by atoms with Crippen molar-refractivity contribution >= 4 is 34.9 Å². The number of rotatable bonds is 2. The number of nitro groups is 1. The number of carbonyl (C=O) groups is 3. The van der Waals surface area contributed by atoms with E-state index in [1.165, 1.54) is 12.1 Å². The van der Waals surface area contributed by atoms with Crippen LogP contribution < -0.4 is 15.1 Å². The highest BCUT2D eigenvalue weighted by molar-refractivity contribution is 6.30. The molecule has 2 fully saturated rings. The first-order valence-electron chi connectivity index (χ1n) is 11.1. The quantitative estimate of drug-likeness (QED) is 0.412. The molecule has 3 aliphatic heterocycles. The average molecular weight is 464 g/mol. The minimum atomic E-state index is -1.71. The standard InChI is InChI=1S/C24H24N4O6/c1-13-5-4-6-17(9-13)27-22(30)24(21(29)25-23(27)31)11-16-10-18(28(32)33)7-8-19(16)26-12-14(2)34-15(3)20(24)26/h4-10,14-15,20H,11-12H2,1-3H3,(H,25,29,31). The highest BCUT2D eigenvalue weighted by Gasteiger charge is 2.65. The van der Waals surface area contributed by atoms with Crippen molar-refractivity contribution in [3.63, 3.8) is 0 Å². The minimum Gasteiger partial charge on any atom is -0.372 e. The predicted octanol–water partition coefficient (Wildman–Crippen LogP) is 2.71. The molecule has 0 aromatic heterocycles. The number of nitrogens with zero attached hydrogens (tertiary/aromatic N) is 3. The van der Waals surface area contributed by atoms with Gasteiger partial charge in [0.15, 0.2) is 5.41 Å². The summed E-state index contributed by atoms with van der Waals surface area (Å²) in [5.74, 6) is -1.38. The molecular weight excluding hydrogens is 440 g/mol. The van der Waals surface area contributed by atoms with Gasteiger partial charge in [0, 0.05) is 30.8 Å². The van der Waals surface area contributed by atoms with Crippen molar-refractivity contribution < 1.29 is 24.0 Å². The van der Waals surface area contributed by atoms with Crippen LogP contribution in [-0.2, 0) is 20.7 Å². The number of amides is 4. The Kier molecular flexibility index (Phi) is 4.94. The van der Waals surface area contributed by atoms with Crippen molar-refractivity contribution in [2.75, 3.05) is 16.3 Å². The summed E-state index contributed by atoms with van der Waals surface area (Å²) in [6, 6.07) is 9.87. The molecule has 4 atom stereocenters. The smallest absolute Gasteiger partial charge is 0.335 e. The van der Waals surface area contributed by atoms with Gasteiger partial charge in [0.05, 0.1) is 28.9 Å². The molecule has 3 aliphatic rings. The Morgan fingerprint density at radius 2 is 1.91 bits per heavy atom. The number of aryl methyl sites for hydroxylation is 1. The maximum atomic E-state index is 14.2. The normalized spacial score (nSPS) is 28.4. The molecule has 2 aromatic rings. The van der Waals surface area contributed by atoms with Crippen LogP contribution >= 0.6 is 0 Å². The second-order valence-electron chi connectivity index (χ2n) is 9.21. The number of urea groups is 1. The number of fused-ring (bicyclic) bond motifs is 4. The third-order valence-corrected chi connectivity index (χ3v) is 6.91. The molecule has 4 unspecified atom stereocenters. The molecule has 2 aromatic carbocycles. The first kappa shape index (κ1) is 22.0. The second kappa shape index (κ2) is 7.63. The number of carbonyl (C=O) groups excluding carboxylic acids is 3. The number of imide groups is 2. The van der Waals surface area contributed by atoms with E-state index in [1.54, 1.807) is 31.2 Å². The second-order valence-corrected chi connectivity index (χ2v) is 9.21. The molecule has 1 N–H and O–H groups in total. The highest BCUT2D eigenvalue weighted by atomic mass is 16.6. The summed E-state index contributed by atoms with van der Waals surface area (Å²) < 4.78 is 6.06. The fraction of sp³-hybridized carbons (Fsp3) is 0.375. The Balaban J connectivity index is 1.71. The lowest BCUT2D eigenvalue weighted by molar-refractivity contribution is -0.384. The largest absolute Gasteiger partial charge is 0.372 e.